The molecule has 2 saturated heterocycles. The van der Waals surface area contributed by atoms with Crippen LogP contribution in [0.3, 0.4) is 0 Å². The Hall–Kier alpha value is -1.22. The van der Waals surface area contributed by atoms with Gasteiger partial charge in [0.15, 0.2) is 0 Å². The molecule has 0 aromatic heterocycles. The molecular weight excluding hydrogens is 282 g/mol. The van der Waals surface area contributed by atoms with E-state index in [1.165, 1.54) is 0 Å². The van der Waals surface area contributed by atoms with E-state index in [0.717, 1.165) is 5.56 Å². The van der Waals surface area contributed by atoms with Crippen molar-refractivity contribution < 1.29 is 4.79 Å². The second kappa shape index (κ2) is 5.04. The van der Waals surface area contributed by atoms with Crippen molar-refractivity contribution in [1.29, 1.82) is 5.26 Å². The smallest absolute Gasteiger partial charge is 0.249 e. The number of rotatable bonds is 1. The maximum atomic E-state index is 12.5. The van der Waals surface area contributed by atoms with Crippen LogP contribution in [0.1, 0.15) is 12.0 Å². The number of nitriles is 1. The van der Waals surface area contributed by atoms with Gasteiger partial charge in [0.1, 0.15) is 11.6 Å². The lowest BCUT2D eigenvalue weighted by Gasteiger charge is -2.24. The van der Waals surface area contributed by atoms with Crippen molar-refractivity contribution in [2.75, 3.05) is 5.75 Å². The van der Waals surface area contributed by atoms with Crippen LogP contribution >= 0.6 is 24.2 Å². The maximum absolute atomic E-state index is 12.5. The van der Waals surface area contributed by atoms with E-state index < -0.39 is 5.54 Å². The van der Waals surface area contributed by atoms with Gasteiger partial charge >= 0.3 is 0 Å². The van der Waals surface area contributed by atoms with Crippen LogP contribution < -0.4 is 5.73 Å². The van der Waals surface area contributed by atoms with Crippen molar-refractivity contribution in [1.82, 2.24) is 4.90 Å². The summed E-state index contributed by atoms with van der Waals surface area (Å²) in [6.45, 7) is 0. The SMILES string of the molecule is Cl.N#C[C@@H]1CS[C@H]2C[C@@](N)(c3ccccc3)C(=O)N12. The van der Waals surface area contributed by atoms with Gasteiger partial charge in [0.05, 0.1) is 11.4 Å². The molecule has 2 aliphatic rings. The zero-order chi connectivity index (χ0) is 12.8. The molecule has 0 unspecified atom stereocenters. The molecule has 3 rings (SSSR count). The highest BCUT2D eigenvalue weighted by atomic mass is 35.5. The van der Waals surface area contributed by atoms with Crippen LogP contribution in [0.4, 0.5) is 0 Å². The average molecular weight is 296 g/mol. The highest BCUT2D eigenvalue weighted by Gasteiger charge is 2.55. The van der Waals surface area contributed by atoms with E-state index in [9.17, 15) is 4.79 Å². The number of carbonyl (C=O) groups is 1. The quantitative estimate of drug-likeness (QED) is 0.851. The molecule has 0 spiro atoms. The highest BCUT2D eigenvalue weighted by molar-refractivity contribution is 8.00. The number of hydrogen-bond donors (Lipinski definition) is 1. The molecule has 3 atom stereocenters. The number of amides is 1. The summed E-state index contributed by atoms with van der Waals surface area (Å²) in [6.07, 6.45) is 0.582. The summed E-state index contributed by atoms with van der Waals surface area (Å²) in [4.78, 5) is 14.2. The van der Waals surface area contributed by atoms with Gasteiger partial charge in [-0.2, -0.15) is 5.26 Å². The van der Waals surface area contributed by atoms with E-state index in [2.05, 4.69) is 6.07 Å². The number of hydrogen-bond acceptors (Lipinski definition) is 4. The molecule has 2 fully saturated rings. The number of nitrogens with two attached hydrogens (primary N) is 1. The van der Waals surface area contributed by atoms with Crippen LogP contribution in [-0.2, 0) is 10.3 Å². The van der Waals surface area contributed by atoms with Gasteiger partial charge in [-0.25, -0.2) is 0 Å². The minimum atomic E-state index is -0.964. The summed E-state index contributed by atoms with van der Waals surface area (Å²) in [5.74, 6) is 0.577. The number of carbonyl (C=O) groups excluding carboxylic acids is 1. The molecule has 6 heteroatoms. The van der Waals surface area contributed by atoms with Crippen molar-refractivity contribution >= 4 is 30.1 Å². The Balaban J connectivity index is 0.00000133. The Morgan fingerprint density at radius 1 is 1.42 bits per heavy atom. The Bertz CT molecular complexity index is 532. The van der Waals surface area contributed by atoms with E-state index >= 15 is 0 Å². The summed E-state index contributed by atoms with van der Waals surface area (Å²) in [5.41, 5.74) is 6.19. The first kappa shape index (κ1) is 14.2. The summed E-state index contributed by atoms with van der Waals surface area (Å²) in [6, 6.07) is 11.3. The predicted molar refractivity (Wildman–Crippen MR) is 76.7 cm³/mol. The number of benzene rings is 1. The summed E-state index contributed by atoms with van der Waals surface area (Å²) < 4.78 is 0. The van der Waals surface area contributed by atoms with Gasteiger partial charge in [-0.1, -0.05) is 30.3 Å². The molecule has 2 N–H and O–H groups in total. The third-order valence-electron chi connectivity index (χ3n) is 3.64. The fourth-order valence-corrected chi connectivity index (χ4v) is 4.09. The molecule has 0 radical (unpaired) electrons. The first-order chi connectivity index (χ1) is 8.66. The van der Waals surface area contributed by atoms with Gasteiger partial charge < -0.3 is 10.6 Å². The first-order valence-electron chi connectivity index (χ1n) is 5.85. The average Bonchev–Trinajstić information content (AvgIpc) is 2.91. The lowest BCUT2D eigenvalue weighted by atomic mass is 9.89. The molecule has 0 bridgehead atoms. The lowest BCUT2D eigenvalue weighted by molar-refractivity contribution is -0.133. The molecule has 100 valence electrons. The van der Waals surface area contributed by atoms with Crippen molar-refractivity contribution in [2.45, 2.75) is 23.4 Å². The van der Waals surface area contributed by atoms with Gasteiger partial charge in [-0.05, 0) is 5.56 Å². The second-order valence-corrected chi connectivity index (χ2v) is 5.90. The minimum Gasteiger partial charge on any atom is -0.314 e. The molecule has 0 aliphatic carbocycles. The topological polar surface area (TPSA) is 70.1 Å². The summed E-state index contributed by atoms with van der Waals surface area (Å²) >= 11 is 1.65. The third kappa shape index (κ3) is 2.00. The van der Waals surface area contributed by atoms with Crippen LogP contribution in [0, 0.1) is 11.3 Å². The minimum absolute atomic E-state index is 0. The van der Waals surface area contributed by atoms with Crippen LogP contribution in [0.2, 0.25) is 0 Å². The van der Waals surface area contributed by atoms with Gasteiger partial charge in [-0.15, -0.1) is 24.2 Å². The van der Waals surface area contributed by atoms with Crippen molar-refractivity contribution in [3.63, 3.8) is 0 Å². The second-order valence-electron chi connectivity index (χ2n) is 4.69. The van der Waals surface area contributed by atoms with Gasteiger partial charge in [0.25, 0.3) is 0 Å². The first-order valence-corrected chi connectivity index (χ1v) is 6.90. The molecule has 0 saturated carbocycles. The van der Waals surface area contributed by atoms with Gasteiger partial charge in [-0.3, -0.25) is 4.79 Å². The molecule has 2 aliphatic heterocycles. The van der Waals surface area contributed by atoms with Crippen LogP contribution in [0.15, 0.2) is 30.3 Å². The fraction of sp³-hybridized carbons (Fsp3) is 0.385. The fourth-order valence-electron chi connectivity index (χ4n) is 2.66. The summed E-state index contributed by atoms with van der Waals surface area (Å²) in [7, 11) is 0. The molecule has 1 aromatic rings. The Labute approximate surface area is 122 Å². The maximum Gasteiger partial charge on any atom is 0.249 e. The zero-order valence-corrected chi connectivity index (χ0v) is 11.8. The third-order valence-corrected chi connectivity index (χ3v) is 4.93. The lowest BCUT2D eigenvalue weighted by Crippen LogP contribution is -2.47. The normalized spacial score (nSPS) is 32.6. The molecule has 4 nitrogen and oxygen atoms in total. The van der Waals surface area contributed by atoms with E-state index in [0.29, 0.717) is 12.2 Å². The van der Waals surface area contributed by atoms with Crippen LogP contribution in [0.5, 0.6) is 0 Å². The van der Waals surface area contributed by atoms with E-state index in [-0.39, 0.29) is 29.7 Å². The molecule has 1 aromatic carbocycles. The van der Waals surface area contributed by atoms with Crippen LogP contribution in [0.25, 0.3) is 0 Å². The number of halogens is 1. The predicted octanol–water partition coefficient (Wildman–Crippen LogP) is 1.46. The van der Waals surface area contributed by atoms with Gasteiger partial charge in [0, 0.05) is 12.2 Å². The molecular formula is C13H14ClN3OS. The largest absolute Gasteiger partial charge is 0.314 e. The van der Waals surface area contributed by atoms with Crippen molar-refractivity contribution in [2.24, 2.45) is 5.73 Å². The Morgan fingerprint density at radius 2 is 2.11 bits per heavy atom. The summed E-state index contributed by atoms with van der Waals surface area (Å²) in [5, 5.41) is 9.12. The number of fused-ring (bicyclic) bond motifs is 1. The van der Waals surface area contributed by atoms with Gasteiger partial charge in [0.2, 0.25) is 5.91 Å². The number of thioether (sulfide) groups is 1. The molecule has 19 heavy (non-hydrogen) atoms. The van der Waals surface area contributed by atoms with E-state index in [4.69, 9.17) is 11.0 Å². The van der Waals surface area contributed by atoms with Crippen molar-refractivity contribution in [3.8, 4) is 6.07 Å². The molecule has 1 amide bonds. The number of nitrogens with zero attached hydrogens (tertiary/aromatic N) is 2. The van der Waals surface area contributed by atoms with Crippen LogP contribution in [-0.4, -0.2) is 28.0 Å². The monoisotopic (exact) mass is 295 g/mol. The Kier molecular flexibility index (Phi) is 3.77. The molecule has 2 heterocycles. The standard InChI is InChI=1S/C13H13N3OS.ClH/c14-7-10-8-18-11-6-13(15,12(17)16(10)11)9-4-2-1-3-5-9;/h1-5,10-11H,6,8,15H2;1H/t10-,11+,13-;/m1./s1. The zero-order valence-electron chi connectivity index (χ0n) is 10.2. The van der Waals surface area contributed by atoms with Crippen molar-refractivity contribution in [3.05, 3.63) is 35.9 Å². The van der Waals surface area contributed by atoms with E-state index in [1.54, 1.807) is 16.7 Å². The Morgan fingerprint density at radius 3 is 2.74 bits per heavy atom. The van der Waals surface area contributed by atoms with E-state index in [1.807, 2.05) is 30.3 Å². The highest BCUT2D eigenvalue weighted by Crippen LogP contribution is 2.44.